The smallest absolute Gasteiger partial charge is 0.335 e. The maximum Gasteiger partial charge on any atom is 0.335 e. The summed E-state index contributed by atoms with van der Waals surface area (Å²) in [5.74, 6) is 0.368. The van der Waals surface area contributed by atoms with Gasteiger partial charge in [-0.25, -0.2) is 4.79 Å². The van der Waals surface area contributed by atoms with Crippen molar-refractivity contribution in [3.63, 3.8) is 0 Å². The van der Waals surface area contributed by atoms with Gasteiger partial charge in [-0.3, -0.25) is 0 Å². The van der Waals surface area contributed by atoms with Gasteiger partial charge < -0.3 is 9.47 Å². The molecule has 0 aromatic rings. The summed E-state index contributed by atoms with van der Waals surface area (Å²) in [5.41, 5.74) is 0. The van der Waals surface area contributed by atoms with Crippen molar-refractivity contribution < 1.29 is 14.3 Å². The van der Waals surface area contributed by atoms with Crippen molar-refractivity contribution in [2.45, 2.75) is 91.1 Å². The molecule has 0 rings (SSSR count). The van der Waals surface area contributed by atoms with Crippen LogP contribution in [0.15, 0.2) is 0 Å². The molecular formula is C18H36O3. The van der Waals surface area contributed by atoms with Gasteiger partial charge in [0.1, 0.15) is 0 Å². The minimum Gasteiger partial charge on any atom is -0.464 e. The first-order chi connectivity index (χ1) is 10.1. The van der Waals surface area contributed by atoms with Crippen molar-refractivity contribution >= 4 is 5.97 Å². The van der Waals surface area contributed by atoms with E-state index in [4.69, 9.17) is 9.47 Å². The van der Waals surface area contributed by atoms with Crippen molar-refractivity contribution in [1.29, 1.82) is 0 Å². The van der Waals surface area contributed by atoms with Crippen LogP contribution in [0, 0.1) is 5.92 Å². The van der Waals surface area contributed by atoms with Crippen LogP contribution in [0.2, 0.25) is 0 Å². The van der Waals surface area contributed by atoms with Gasteiger partial charge in [-0.15, -0.1) is 0 Å². The quantitative estimate of drug-likeness (QED) is 0.330. The van der Waals surface area contributed by atoms with Crippen molar-refractivity contribution in [2.75, 3.05) is 13.7 Å². The largest absolute Gasteiger partial charge is 0.464 e. The first-order valence-electron chi connectivity index (χ1n) is 8.81. The number of hydrogen-bond donors (Lipinski definition) is 0. The Hall–Kier alpha value is -0.570. The predicted molar refractivity (Wildman–Crippen MR) is 88.4 cm³/mol. The normalized spacial score (nSPS) is 12.6. The van der Waals surface area contributed by atoms with E-state index in [1.165, 1.54) is 44.9 Å². The van der Waals surface area contributed by atoms with E-state index in [0.29, 0.717) is 12.5 Å². The molecule has 0 saturated heterocycles. The Morgan fingerprint density at radius 1 is 0.905 bits per heavy atom. The van der Waals surface area contributed by atoms with E-state index in [9.17, 15) is 4.79 Å². The van der Waals surface area contributed by atoms with E-state index in [-0.39, 0.29) is 12.1 Å². The van der Waals surface area contributed by atoms with Crippen LogP contribution in [0.5, 0.6) is 0 Å². The van der Waals surface area contributed by atoms with Crippen LogP contribution in [-0.4, -0.2) is 25.8 Å². The molecule has 0 radical (unpaired) electrons. The zero-order valence-corrected chi connectivity index (χ0v) is 14.7. The lowest BCUT2D eigenvalue weighted by Gasteiger charge is -2.15. The number of carbonyl (C=O) groups excluding carboxylic acids is 1. The lowest BCUT2D eigenvalue weighted by atomic mass is 10.1. The van der Waals surface area contributed by atoms with Crippen LogP contribution >= 0.6 is 0 Å². The van der Waals surface area contributed by atoms with E-state index in [2.05, 4.69) is 20.8 Å². The molecule has 0 aromatic heterocycles. The molecule has 0 bridgehead atoms. The third-order valence-electron chi connectivity index (χ3n) is 3.81. The summed E-state index contributed by atoms with van der Waals surface area (Å²) in [4.78, 5) is 11.8. The first-order valence-corrected chi connectivity index (χ1v) is 8.81. The molecule has 1 unspecified atom stereocenters. The van der Waals surface area contributed by atoms with Crippen LogP contribution in [0.25, 0.3) is 0 Å². The number of rotatable bonds is 14. The van der Waals surface area contributed by atoms with Crippen LogP contribution in [-0.2, 0) is 14.3 Å². The SMILES string of the molecule is CCCCCCCCCCC(OC)C(=O)OCCC(C)C. The zero-order valence-electron chi connectivity index (χ0n) is 14.7. The average Bonchev–Trinajstić information content (AvgIpc) is 2.45. The Bertz CT molecular complexity index is 239. The standard InChI is InChI=1S/C18H36O3/c1-5-6-7-8-9-10-11-12-13-17(20-4)18(19)21-15-14-16(2)3/h16-17H,5-15H2,1-4H3. The molecule has 0 aliphatic heterocycles. The zero-order chi connectivity index (χ0) is 15.9. The first kappa shape index (κ1) is 20.4. The van der Waals surface area contributed by atoms with E-state index in [1.54, 1.807) is 7.11 Å². The molecule has 126 valence electrons. The summed E-state index contributed by atoms with van der Waals surface area (Å²) in [6.45, 7) is 7.00. The predicted octanol–water partition coefficient (Wildman–Crippen LogP) is 5.12. The van der Waals surface area contributed by atoms with Crippen LogP contribution in [0.3, 0.4) is 0 Å². The minimum atomic E-state index is -0.378. The summed E-state index contributed by atoms with van der Waals surface area (Å²) in [7, 11) is 1.60. The van der Waals surface area contributed by atoms with Gasteiger partial charge in [-0.2, -0.15) is 0 Å². The summed E-state index contributed by atoms with van der Waals surface area (Å²) >= 11 is 0. The van der Waals surface area contributed by atoms with Gasteiger partial charge in [0.25, 0.3) is 0 Å². The second kappa shape index (κ2) is 14.4. The maximum absolute atomic E-state index is 11.8. The molecule has 0 aliphatic rings. The average molecular weight is 300 g/mol. The molecule has 3 nitrogen and oxygen atoms in total. The highest BCUT2D eigenvalue weighted by atomic mass is 16.6. The van der Waals surface area contributed by atoms with Gasteiger partial charge in [0.2, 0.25) is 0 Å². The molecule has 21 heavy (non-hydrogen) atoms. The molecule has 0 amide bonds. The highest BCUT2D eigenvalue weighted by Gasteiger charge is 2.18. The van der Waals surface area contributed by atoms with Crippen molar-refractivity contribution in [2.24, 2.45) is 5.92 Å². The Morgan fingerprint density at radius 3 is 2.00 bits per heavy atom. The number of esters is 1. The monoisotopic (exact) mass is 300 g/mol. The summed E-state index contributed by atoms with van der Waals surface area (Å²) in [6.07, 6.45) is 11.5. The van der Waals surface area contributed by atoms with Gasteiger partial charge in [0.15, 0.2) is 6.10 Å². The van der Waals surface area contributed by atoms with Crippen LogP contribution < -0.4 is 0 Å². The fraction of sp³-hybridized carbons (Fsp3) is 0.944. The Kier molecular flexibility index (Phi) is 14.0. The fourth-order valence-corrected chi connectivity index (χ4v) is 2.28. The van der Waals surface area contributed by atoms with Crippen molar-refractivity contribution in [1.82, 2.24) is 0 Å². The second-order valence-electron chi connectivity index (χ2n) is 6.34. The van der Waals surface area contributed by atoms with Crippen LogP contribution in [0.1, 0.15) is 85.0 Å². The molecule has 0 fully saturated rings. The molecule has 0 N–H and O–H groups in total. The summed E-state index contributed by atoms with van der Waals surface area (Å²) in [5, 5.41) is 0. The third-order valence-corrected chi connectivity index (χ3v) is 3.81. The minimum absolute atomic E-state index is 0.193. The highest BCUT2D eigenvalue weighted by molar-refractivity contribution is 5.74. The van der Waals surface area contributed by atoms with Gasteiger partial charge in [-0.05, 0) is 18.8 Å². The van der Waals surface area contributed by atoms with Gasteiger partial charge in [0, 0.05) is 7.11 Å². The van der Waals surface area contributed by atoms with Gasteiger partial charge in [0.05, 0.1) is 6.61 Å². The van der Waals surface area contributed by atoms with E-state index in [0.717, 1.165) is 19.3 Å². The summed E-state index contributed by atoms with van der Waals surface area (Å²) < 4.78 is 10.5. The second-order valence-corrected chi connectivity index (χ2v) is 6.34. The molecule has 0 aromatic carbocycles. The van der Waals surface area contributed by atoms with E-state index >= 15 is 0 Å². The van der Waals surface area contributed by atoms with E-state index < -0.39 is 0 Å². The molecular weight excluding hydrogens is 264 g/mol. The highest BCUT2D eigenvalue weighted by Crippen LogP contribution is 2.12. The Morgan fingerprint density at radius 2 is 1.48 bits per heavy atom. The molecule has 0 aliphatic carbocycles. The molecule has 0 heterocycles. The lowest BCUT2D eigenvalue weighted by molar-refractivity contribution is -0.156. The third kappa shape index (κ3) is 12.9. The number of carbonyl (C=O) groups is 1. The Balaban J connectivity index is 3.57. The number of ether oxygens (including phenoxy) is 2. The van der Waals surface area contributed by atoms with Crippen molar-refractivity contribution in [3.05, 3.63) is 0 Å². The van der Waals surface area contributed by atoms with Crippen molar-refractivity contribution in [3.8, 4) is 0 Å². The number of unbranched alkanes of at least 4 members (excludes halogenated alkanes) is 7. The maximum atomic E-state index is 11.8. The number of hydrogen-bond acceptors (Lipinski definition) is 3. The van der Waals surface area contributed by atoms with E-state index in [1.807, 2.05) is 0 Å². The molecule has 1 atom stereocenters. The molecule has 0 spiro atoms. The molecule has 0 saturated carbocycles. The number of methoxy groups -OCH3 is 1. The Labute approximate surface area is 131 Å². The fourth-order valence-electron chi connectivity index (χ4n) is 2.28. The molecule has 3 heteroatoms. The summed E-state index contributed by atoms with van der Waals surface area (Å²) in [6, 6.07) is 0. The topological polar surface area (TPSA) is 35.5 Å². The lowest BCUT2D eigenvalue weighted by Crippen LogP contribution is -2.26. The van der Waals surface area contributed by atoms with Gasteiger partial charge in [-0.1, -0.05) is 72.1 Å². The van der Waals surface area contributed by atoms with Gasteiger partial charge >= 0.3 is 5.97 Å². The van der Waals surface area contributed by atoms with Crippen LogP contribution in [0.4, 0.5) is 0 Å².